The quantitative estimate of drug-likeness (QED) is 0.351. The molecule has 0 atom stereocenters. The Balaban J connectivity index is 1.52. The fraction of sp³-hybridized carbons (Fsp3) is 0.0952. The fourth-order valence-electron chi connectivity index (χ4n) is 2.91. The number of aromatic nitrogens is 4. The van der Waals surface area contributed by atoms with E-state index >= 15 is 0 Å². The maximum atomic E-state index is 6.25. The number of H-pyrrole nitrogens is 1. The van der Waals surface area contributed by atoms with Crippen LogP contribution in [0.3, 0.4) is 0 Å². The number of rotatable bonds is 7. The molecular weight excluding hydrogens is 441 g/mol. The van der Waals surface area contributed by atoms with Crippen LogP contribution in [0.2, 0.25) is 10.0 Å². The maximum absolute atomic E-state index is 6.25. The van der Waals surface area contributed by atoms with Gasteiger partial charge >= 0.3 is 0 Å². The zero-order chi connectivity index (χ0) is 20.9. The molecule has 0 radical (unpaired) electrons. The number of halogens is 2. The zero-order valence-corrected chi connectivity index (χ0v) is 18.0. The molecule has 0 bridgehead atoms. The number of aromatic amines is 1. The van der Waals surface area contributed by atoms with Gasteiger partial charge in [-0.05, 0) is 42.5 Å². The summed E-state index contributed by atoms with van der Waals surface area (Å²) in [5.74, 6) is 1.39. The molecule has 0 saturated heterocycles. The third-order valence-corrected chi connectivity index (χ3v) is 5.43. The molecule has 4 rings (SSSR count). The molecule has 2 aromatic carbocycles. The Labute approximate surface area is 188 Å². The first-order valence-corrected chi connectivity index (χ1v) is 10.2. The van der Waals surface area contributed by atoms with Crippen molar-refractivity contribution < 1.29 is 4.74 Å². The van der Waals surface area contributed by atoms with Crippen molar-refractivity contribution in [1.82, 2.24) is 19.9 Å². The topological polar surface area (TPSA) is 67.8 Å². The molecule has 9 heteroatoms. The van der Waals surface area contributed by atoms with Gasteiger partial charge in [0.15, 0.2) is 5.82 Å². The number of nitrogens with zero attached hydrogens (tertiary/aromatic N) is 3. The molecule has 0 unspecified atom stereocenters. The van der Waals surface area contributed by atoms with Gasteiger partial charge in [-0.25, -0.2) is 9.77 Å². The van der Waals surface area contributed by atoms with Crippen LogP contribution in [0.4, 0.5) is 0 Å². The van der Waals surface area contributed by atoms with Crippen LogP contribution in [-0.4, -0.2) is 19.9 Å². The highest BCUT2D eigenvalue weighted by molar-refractivity contribution is 7.71. The molecular formula is C21H17Cl2N5OS. The lowest BCUT2D eigenvalue weighted by Crippen LogP contribution is -2.16. The van der Waals surface area contributed by atoms with Crippen LogP contribution in [0.15, 0.2) is 67.0 Å². The standard InChI is InChI=1S/C21H17Cl2N5OS/c22-17-5-3-6-18(23)16(17)13-29-19-7-2-1-4-15(19)12-25-28-20(26-27-21(28)30)14-8-10-24-11-9-14/h1-11,25H,12-13H2,(H,27,30). The van der Waals surface area contributed by atoms with E-state index in [0.717, 1.165) is 22.4 Å². The first-order valence-electron chi connectivity index (χ1n) is 9.09. The van der Waals surface area contributed by atoms with E-state index in [1.165, 1.54) is 0 Å². The highest BCUT2D eigenvalue weighted by Crippen LogP contribution is 2.27. The predicted molar refractivity (Wildman–Crippen MR) is 121 cm³/mol. The Morgan fingerprint density at radius 3 is 2.50 bits per heavy atom. The van der Waals surface area contributed by atoms with Gasteiger partial charge in [0.1, 0.15) is 12.4 Å². The number of para-hydroxylation sites is 1. The number of ether oxygens (including phenoxy) is 1. The lowest BCUT2D eigenvalue weighted by atomic mass is 10.2. The van der Waals surface area contributed by atoms with E-state index in [1.807, 2.05) is 36.4 Å². The summed E-state index contributed by atoms with van der Waals surface area (Å²) in [4.78, 5) is 4.04. The van der Waals surface area contributed by atoms with Crippen molar-refractivity contribution in [3.05, 3.63) is 92.9 Å². The maximum Gasteiger partial charge on any atom is 0.214 e. The summed E-state index contributed by atoms with van der Waals surface area (Å²) in [6, 6.07) is 16.9. The minimum Gasteiger partial charge on any atom is -0.488 e. The summed E-state index contributed by atoms with van der Waals surface area (Å²) >= 11 is 17.9. The third kappa shape index (κ3) is 4.48. The Kier molecular flexibility index (Phi) is 6.32. The van der Waals surface area contributed by atoms with Gasteiger partial charge in [-0.1, -0.05) is 47.5 Å². The van der Waals surface area contributed by atoms with Crippen LogP contribution in [0.25, 0.3) is 11.4 Å². The van der Waals surface area contributed by atoms with Crippen LogP contribution in [0.5, 0.6) is 5.75 Å². The minimum absolute atomic E-state index is 0.267. The molecule has 30 heavy (non-hydrogen) atoms. The number of hydrogen-bond acceptors (Lipinski definition) is 5. The Hall–Kier alpha value is -2.87. The second-order valence-electron chi connectivity index (χ2n) is 6.36. The summed E-state index contributed by atoms with van der Waals surface area (Å²) in [6.45, 7) is 0.737. The smallest absolute Gasteiger partial charge is 0.214 e. The van der Waals surface area contributed by atoms with Crippen molar-refractivity contribution in [2.75, 3.05) is 5.43 Å². The Bertz CT molecular complexity index is 1190. The molecule has 0 aliphatic heterocycles. The fourth-order valence-corrected chi connectivity index (χ4v) is 3.62. The lowest BCUT2D eigenvalue weighted by Gasteiger charge is -2.15. The SMILES string of the molecule is S=c1[nH]nc(-c2ccncc2)n1NCc1ccccc1OCc1c(Cl)cccc1Cl. The van der Waals surface area contributed by atoms with E-state index in [4.69, 9.17) is 40.2 Å². The number of pyridine rings is 1. The van der Waals surface area contributed by atoms with E-state index in [9.17, 15) is 0 Å². The van der Waals surface area contributed by atoms with E-state index in [-0.39, 0.29) is 6.61 Å². The molecule has 152 valence electrons. The van der Waals surface area contributed by atoms with E-state index < -0.39 is 0 Å². The van der Waals surface area contributed by atoms with Crippen molar-refractivity contribution in [2.24, 2.45) is 0 Å². The molecule has 2 aromatic heterocycles. The monoisotopic (exact) mass is 457 g/mol. The van der Waals surface area contributed by atoms with Crippen LogP contribution >= 0.6 is 35.4 Å². The van der Waals surface area contributed by atoms with E-state index in [2.05, 4.69) is 20.6 Å². The molecule has 0 aliphatic carbocycles. The molecule has 2 heterocycles. The predicted octanol–water partition coefficient (Wildman–Crippen LogP) is 5.63. The molecule has 6 nitrogen and oxygen atoms in total. The van der Waals surface area contributed by atoms with Crippen LogP contribution in [0.1, 0.15) is 11.1 Å². The molecule has 0 aliphatic rings. The molecule has 0 fully saturated rings. The average molecular weight is 458 g/mol. The van der Waals surface area contributed by atoms with Crippen molar-refractivity contribution in [3.63, 3.8) is 0 Å². The Morgan fingerprint density at radius 1 is 1.00 bits per heavy atom. The van der Waals surface area contributed by atoms with Crippen molar-refractivity contribution in [2.45, 2.75) is 13.2 Å². The van der Waals surface area contributed by atoms with Crippen molar-refractivity contribution in [3.8, 4) is 17.1 Å². The zero-order valence-electron chi connectivity index (χ0n) is 15.7. The summed E-state index contributed by atoms with van der Waals surface area (Å²) in [7, 11) is 0. The normalized spacial score (nSPS) is 10.7. The second-order valence-corrected chi connectivity index (χ2v) is 7.56. The van der Waals surface area contributed by atoms with Gasteiger partial charge in [-0.3, -0.25) is 4.98 Å². The minimum atomic E-state index is 0.267. The van der Waals surface area contributed by atoms with Gasteiger partial charge in [0.2, 0.25) is 4.77 Å². The van der Waals surface area contributed by atoms with E-state index in [0.29, 0.717) is 27.2 Å². The second kappa shape index (κ2) is 9.30. The Morgan fingerprint density at radius 2 is 1.73 bits per heavy atom. The molecule has 0 amide bonds. The number of benzene rings is 2. The summed E-state index contributed by atoms with van der Waals surface area (Å²) < 4.78 is 8.21. The molecule has 4 aromatic rings. The van der Waals surface area contributed by atoms with Gasteiger partial charge in [-0.15, -0.1) is 0 Å². The van der Waals surface area contributed by atoms with Gasteiger partial charge in [0, 0.05) is 39.1 Å². The van der Waals surface area contributed by atoms with Crippen LogP contribution < -0.4 is 10.2 Å². The molecule has 2 N–H and O–H groups in total. The highest BCUT2D eigenvalue weighted by atomic mass is 35.5. The first-order chi connectivity index (χ1) is 14.6. The van der Waals surface area contributed by atoms with Crippen molar-refractivity contribution in [1.29, 1.82) is 0 Å². The largest absolute Gasteiger partial charge is 0.488 e. The summed E-state index contributed by atoms with van der Waals surface area (Å²) in [5, 5.41) is 8.28. The van der Waals surface area contributed by atoms with Crippen LogP contribution in [0, 0.1) is 4.77 Å². The number of hydrogen-bond donors (Lipinski definition) is 2. The average Bonchev–Trinajstić information content (AvgIpc) is 3.13. The van der Waals surface area contributed by atoms with Gasteiger partial charge in [0.05, 0.1) is 6.54 Å². The van der Waals surface area contributed by atoms with Crippen LogP contribution in [-0.2, 0) is 13.2 Å². The summed E-state index contributed by atoms with van der Waals surface area (Å²) in [5.41, 5.74) is 5.89. The van der Waals surface area contributed by atoms with Gasteiger partial charge in [0.25, 0.3) is 0 Å². The van der Waals surface area contributed by atoms with E-state index in [1.54, 1.807) is 35.3 Å². The molecule has 0 spiro atoms. The lowest BCUT2D eigenvalue weighted by molar-refractivity contribution is 0.303. The van der Waals surface area contributed by atoms with Crippen molar-refractivity contribution >= 4 is 35.4 Å². The van der Waals surface area contributed by atoms with Gasteiger partial charge < -0.3 is 10.2 Å². The summed E-state index contributed by atoms with van der Waals surface area (Å²) in [6.07, 6.45) is 3.42. The number of nitrogens with one attached hydrogen (secondary N) is 2. The molecule has 0 saturated carbocycles. The first kappa shape index (κ1) is 20.4. The highest BCUT2D eigenvalue weighted by Gasteiger charge is 2.11. The third-order valence-electron chi connectivity index (χ3n) is 4.44. The van der Waals surface area contributed by atoms with Gasteiger partial charge in [-0.2, -0.15) is 5.10 Å².